The monoisotopic (exact) mass is 456 g/mol. The van der Waals surface area contributed by atoms with Crippen LogP contribution in [0.1, 0.15) is 40.0 Å². The highest BCUT2D eigenvalue weighted by molar-refractivity contribution is 7.99. The van der Waals surface area contributed by atoms with Crippen molar-refractivity contribution in [3.63, 3.8) is 0 Å². The Hall–Kier alpha value is -2.65. The number of thiophene rings is 1. The number of nitrogens with zero attached hydrogens (tertiary/aromatic N) is 3. The number of thioether (sulfide) groups is 1. The number of benzene rings is 1. The minimum atomic E-state index is -0.394. The van der Waals surface area contributed by atoms with Gasteiger partial charge in [0, 0.05) is 10.6 Å². The first kappa shape index (κ1) is 21.6. The molecule has 162 valence electrons. The molecule has 3 aromatic rings. The van der Waals surface area contributed by atoms with E-state index in [1.54, 1.807) is 0 Å². The lowest BCUT2D eigenvalue weighted by Crippen LogP contribution is -2.17. The first-order valence-corrected chi connectivity index (χ1v) is 11.9. The van der Waals surface area contributed by atoms with Crippen molar-refractivity contribution < 1.29 is 14.3 Å². The van der Waals surface area contributed by atoms with E-state index in [2.05, 4.69) is 22.4 Å². The van der Waals surface area contributed by atoms with Gasteiger partial charge in [-0.3, -0.25) is 9.36 Å². The molecule has 0 aliphatic heterocycles. The maximum Gasteiger partial charge on any atom is 0.341 e. The molecule has 0 saturated carbocycles. The van der Waals surface area contributed by atoms with Crippen LogP contribution in [0.4, 0.5) is 5.00 Å². The number of ether oxygens (including phenoxy) is 1. The van der Waals surface area contributed by atoms with Gasteiger partial charge in [-0.15, -0.1) is 21.5 Å². The summed E-state index contributed by atoms with van der Waals surface area (Å²) >= 11 is 2.80. The number of aryl methyl sites for hydroxylation is 1. The molecule has 2 aromatic heterocycles. The highest BCUT2D eigenvalue weighted by Crippen LogP contribution is 2.40. The van der Waals surface area contributed by atoms with Crippen LogP contribution in [-0.4, -0.2) is 39.5 Å². The number of aromatic nitrogens is 3. The summed E-state index contributed by atoms with van der Waals surface area (Å²) in [5.74, 6) is 0.895. The topological polar surface area (TPSA) is 86.1 Å². The first-order valence-electron chi connectivity index (χ1n) is 10.1. The fourth-order valence-electron chi connectivity index (χ4n) is 3.76. The van der Waals surface area contributed by atoms with Crippen LogP contribution in [0.15, 0.2) is 35.5 Å². The second-order valence-electron chi connectivity index (χ2n) is 7.59. The average molecular weight is 457 g/mol. The predicted molar refractivity (Wildman–Crippen MR) is 122 cm³/mol. The maximum atomic E-state index is 12.7. The number of carbonyl (C=O) groups is 2. The second kappa shape index (κ2) is 9.23. The van der Waals surface area contributed by atoms with E-state index in [0.717, 1.165) is 36.3 Å². The van der Waals surface area contributed by atoms with Crippen molar-refractivity contribution in [3.05, 3.63) is 52.2 Å². The Bertz CT molecular complexity index is 1110. The molecule has 2 heterocycles. The number of esters is 1. The number of hydrogen-bond donors (Lipinski definition) is 1. The number of methoxy groups -OCH3 is 1. The predicted octanol–water partition coefficient (Wildman–Crippen LogP) is 4.28. The fourth-order valence-corrected chi connectivity index (χ4v) is 5.97. The molecule has 0 saturated heterocycles. The number of fused-ring (bicyclic) bond motifs is 1. The third-order valence-electron chi connectivity index (χ3n) is 5.30. The van der Waals surface area contributed by atoms with Crippen molar-refractivity contribution in [1.82, 2.24) is 14.8 Å². The molecule has 1 amide bonds. The lowest BCUT2D eigenvalue weighted by molar-refractivity contribution is -0.113. The van der Waals surface area contributed by atoms with E-state index in [0.29, 0.717) is 21.6 Å². The van der Waals surface area contributed by atoms with E-state index >= 15 is 0 Å². The van der Waals surface area contributed by atoms with Gasteiger partial charge in [-0.1, -0.05) is 36.9 Å². The molecular weight excluding hydrogens is 432 g/mol. The number of carbonyl (C=O) groups excluding carboxylic acids is 2. The van der Waals surface area contributed by atoms with Crippen LogP contribution in [0.5, 0.6) is 0 Å². The van der Waals surface area contributed by atoms with Gasteiger partial charge in [0.25, 0.3) is 0 Å². The Labute approximate surface area is 189 Å². The Balaban J connectivity index is 1.50. The lowest BCUT2D eigenvalue weighted by Gasteiger charge is -2.18. The van der Waals surface area contributed by atoms with Crippen LogP contribution in [0.25, 0.3) is 5.69 Å². The summed E-state index contributed by atoms with van der Waals surface area (Å²) in [7, 11) is 1.37. The Morgan fingerprint density at radius 1 is 1.29 bits per heavy atom. The summed E-state index contributed by atoms with van der Waals surface area (Å²) in [6.45, 7) is 4.09. The lowest BCUT2D eigenvalue weighted by atomic mass is 9.88. The molecule has 9 heteroatoms. The minimum Gasteiger partial charge on any atom is -0.465 e. The van der Waals surface area contributed by atoms with E-state index in [9.17, 15) is 9.59 Å². The smallest absolute Gasteiger partial charge is 0.341 e. The molecule has 7 nitrogen and oxygen atoms in total. The quantitative estimate of drug-likeness (QED) is 0.440. The third-order valence-corrected chi connectivity index (χ3v) is 7.39. The van der Waals surface area contributed by atoms with Gasteiger partial charge in [-0.25, -0.2) is 4.79 Å². The third kappa shape index (κ3) is 4.52. The zero-order valence-electron chi connectivity index (χ0n) is 17.7. The van der Waals surface area contributed by atoms with Crippen LogP contribution in [-0.2, 0) is 22.4 Å². The van der Waals surface area contributed by atoms with E-state index in [4.69, 9.17) is 4.74 Å². The van der Waals surface area contributed by atoms with Crippen LogP contribution < -0.4 is 5.32 Å². The number of hydrogen-bond acceptors (Lipinski definition) is 7. The van der Waals surface area contributed by atoms with Gasteiger partial charge in [0.15, 0.2) is 5.16 Å². The van der Waals surface area contributed by atoms with Gasteiger partial charge in [-0.2, -0.15) is 0 Å². The standard InChI is InChI=1S/C22H24N4O3S2/c1-13-9-10-16-17(11-13)31-20(19(16)21(28)29-3)23-18(27)12-30-22-25-24-14(2)26(22)15-7-5-4-6-8-15/h4-8,13H,9-12H2,1-3H3,(H,23,27). The van der Waals surface area contributed by atoms with Crippen LogP contribution >= 0.6 is 23.1 Å². The molecule has 1 atom stereocenters. The Morgan fingerprint density at radius 2 is 2.06 bits per heavy atom. The summed E-state index contributed by atoms with van der Waals surface area (Å²) in [4.78, 5) is 26.3. The molecule has 0 spiro atoms. The zero-order chi connectivity index (χ0) is 22.0. The van der Waals surface area contributed by atoms with Crippen LogP contribution in [0.3, 0.4) is 0 Å². The normalized spacial score (nSPS) is 15.4. The first-order chi connectivity index (χ1) is 15.0. The second-order valence-corrected chi connectivity index (χ2v) is 9.63. The van der Waals surface area contributed by atoms with Gasteiger partial charge < -0.3 is 10.1 Å². The number of anilines is 1. The summed E-state index contributed by atoms with van der Waals surface area (Å²) < 4.78 is 6.92. The number of rotatable bonds is 6. The molecule has 1 aromatic carbocycles. The highest BCUT2D eigenvalue weighted by atomic mass is 32.2. The molecule has 1 aliphatic carbocycles. The van der Waals surface area contributed by atoms with E-state index in [1.165, 1.54) is 35.1 Å². The Kier molecular flexibility index (Phi) is 6.43. The minimum absolute atomic E-state index is 0.157. The molecule has 1 N–H and O–H groups in total. The molecular formula is C22H24N4O3S2. The van der Waals surface area contributed by atoms with E-state index < -0.39 is 5.97 Å². The van der Waals surface area contributed by atoms with Crippen molar-refractivity contribution >= 4 is 40.0 Å². The van der Waals surface area contributed by atoms with Crippen molar-refractivity contribution in [2.45, 2.75) is 38.3 Å². The number of nitrogens with one attached hydrogen (secondary N) is 1. The average Bonchev–Trinajstić information content (AvgIpc) is 3.31. The van der Waals surface area contributed by atoms with Crippen molar-refractivity contribution in [2.75, 3.05) is 18.2 Å². The van der Waals surface area contributed by atoms with Crippen molar-refractivity contribution in [2.24, 2.45) is 5.92 Å². The molecule has 0 bridgehead atoms. The van der Waals surface area contributed by atoms with Gasteiger partial charge >= 0.3 is 5.97 Å². The zero-order valence-corrected chi connectivity index (χ0v) is 19.3. The maximum absolute atomic E-state index is 12.7. The number of para-hydroxylation sites is 1. The summed E-state index contributed by atoms with van der Waals surface area (Å²) in [5.41, 5.74) is 2.48. The summed E-state index contributed by atoms with van der Waals surface area (Å²) in [6, 6.07) is 9.79. The van der Waals surface area contributed by atoms with Crippen LogP contribution in [0.2, 0.25) is 0 Å². The van der Waals surface area contributed by atoms with Gasteiger partial charge in [0.05, 0.1) is 18.4 Å². The van der Waals surface area contributed by atoms with Crippen molar-refractivity contribution in [1.29, 1.82) is 0 Å². The van der Waals surface area contributed by atoms with Gasteiger partial charge in [0.1, 0.15) is 10.8 Å². The molecule has 1 unspecified atom stereocenters. The highest BCUT2D eigenvalue weighted by Gasteiger charge is 2.29. The Morgan fingerprint density at radius 3 is 2.81 bits per heavy atom. The largest absolute Gasteiger partial charge is 0.465 e. The van der Waals surface area contributed by atoms with E-state index in [1.807, 2.05) is 41.8 Å². The molecule has 31 heavy (non-hydrogen) atoms. The summed E-state index contributed by atoms with van der Waals surface area (Å²) in [5, 5.41) is 12.5. The fraction of sp³-hybridized carbons (Fsp3) is 0.364. The number of amides is 1. The van der Waals surface area contributed by atoms with Gasteiger partial charge in [0.2, 0.25) is 5.91 Å². The molecule has 0 radical (unpaired) electrons. The molecule has 4 rings (SSSR count). The summed E-state index contributed by atoms with van der Waals surface area (Å²) in [6.07, 6.45) is 2.79. The molecule has 0 fully saturated rings. The van der Waals surface area contributed by atoms with E-state index in [-0.39, 0.29) is 11.7 Å². The van der Waals surface area contributed by atoms with Crippen molar-refractivity contribution in [3.8, 4) is 5.69 Å². The SMILES string of the molecule is COC(=O)c1c(NC(=O)CSc2nnc(C)n2-c2ccccc2)sc2c1CCC(C)C2. The van der Waals surface area contributed by atoms with Crippen LogP contribution in [0, 0.1) is 12.8 Å². The molecule has 1 aliphatic rings. The van der Waals surface area contributed by atoms with Gasteiger partial charge in [-0.05, 0) is 49.8 Å².